The van der Waals surface area contributed by atoms with Crippen molar-refractivity contribution >= 4 is 29.9 Å². The molecule has 0 amide bonds. The number of aliphatic imine (C=N–C) groups is 1. The maximum absolute atomic E-state index is 4.30. The first-order valence-corrected chi connectivity index (χ1v) is 9.79. The Balaban J connectivity index is 0.00000272. The molecular weight excluding hydrogens is 503 g/mol. The van der Waals surface area contributed by atoms with Crippen LogP contribution in [-0.4, -0.2) is 44.1 Å². The molecule has 160 valence electrons. The molecule has 2 aromatic heterocycles. The molecule has 4 aromatic rings. The second kappa shape index (κ2) is 11.3. The average molecular weight is 528 g/mol. The molecule has 2 aromatic carbocycles. The van der Waals surface area contributed by atoms with Crippen LogP contribution in [0, 0.1) is 0 Å². The molecule has 0 spiro atoms. The van der Waals surface area contributed by atoms with Crippen LogP contribution in [0.1, 0.15) is 11.1 Å². The summed E-state index contributed by atoms with van der Waals surface area (Å²) in [6.45, 7) is 1.49. The van der Waals surface area contributed by atoms with E-state index in [9.17, 15) is 0 Å². The summed E-state index contributed by atoms with van der Waals surface area (Å²) in [6, 6.07) is 18.5. The van der Waals surface area contributed by atoms with Gasteiger partial charge in [0.1, 0.15) is 12.7 Å². The number of nitrogens with one attached hydrogen (secondary N) is 2. The fraction of sp³-hybridized carbons (Fsp3) is 0.182. The van der Waals surface area contributed by atoms with Gasteiger partial charge in [-0.15, -0.1) is 24.0 Å². The fourth-order valence-corrected chi connectivity index (χ4v) is 3.08. The van der Waals surface area contributed by atoms with Crippen LogP contribution in [0.15, 0.2) is 84.6 Å². The van der Waals surface area contributed by atoms with E-state index in [-0.39, 0.29) is 24.0 Å². The normalized spacial score (nSPS) is 11.1. The molecule has 0 aliphatic rings. The van der Waals surface area contributed by atoms with Crippen LogP contribution in [0.4, 0.5) is 0 Å². The van der Waals surface area contributed by atoms with Crippen molar-refractivity contribution in [1.82, 2.24) is 35.2 Å². The zero-order valence-electron chi connectivity index (χ0n) is 17.2. The molecule has 0 atom stereocenters. The Morgan fingerprint density at radius 1 is 0.903 bits per heavy atom. The summed E-state index contributed by atoms with van der Waals surface area (Å²) >= 11 is 0. The molecule has 0 fully saturated rings. The highest BCUT2D eigenvalue weighted by Crippen LogP contribution is 2.09. The SMILES string of the molecule is CN=C(NCCc1ccc(-n2cccn2)cc1)NCc1ccc(-n2cncn2)cc1.I. The van der Waals surface area contributed by atoms with Crippen LogP contribution in [0.2, 0.25) is 0 Å². The standard InChI is InChI=1S/C22H24N8.HI/c1-23-22(26-15-19-5-9-21(10-6-19)30-17-24-16-28-30)25-13-11-18-3-7-20(8-4-18)29-14-2-12-27-29;/h2-10,12,14,16-17H,11,13,15H2,1H3,(H2,23,25,26);1H. The first-order chi connectivity index (χ1) is 14.8. The van der Waals surface area contributed by atoms with Crippen molar-refractivity contribution in [2.75, 3.05) is 13.6 Å². The monoisotopic (exact) mass is 528 g/mol. The third kappa shape index (κ3) is 6.14. The third-order valence-electron chi connectivity index (χ3n) is 4.71. The van der Waals surface area contributed by atoms with Gasteiger partial charge >= 0.3 is 0 Å². The Kier molecular flexibility index (Phi) is 8.16. The summed E-state index contributed by atoms with van der Waals surface area (Å²) in [7, 11) is 1.78. The van der Waals surface area contributed by atoms with Gasteiger partial charge in [0, 0.05) is 32.5 Å². The van der Waals surface area contributed by atoms with Gasteiger partial charge in [0.25, 0.3) is 0 Å². The highest BCUT2D eigenvalue weighted by atomic mass is 127. The van der Waals surface area contributed by atoms with E-state index >= 15 is 0 Å². The maximum Gasteiger partial charge on any atom is 0.191 e. The lowest BCUT2D eigenvalue weighted by atomic mass is 10.1. The number of rotatable bonds is 7. The Morgan fingerprint density at radius 3 is 2.23 bits per heavy atom. The molecule has 2 heterocycles. The topological polar surface area (TPSA) is 85.0 Å². The fourth-order valence-electron chi connectivity index (χ4n) is 3.08. The lowest BCUT2D eigenvalue weighted by molar-refractivity contribution is 0.793. The minimum Gasteiger partial charge on any atom is -0.356 e. The molecule has 0 bridgehead atoms. The van der Waals surface area contributed by atoms with Crippen molar-refractivity contribution in [3.63, 3.8) is 0 Å². The smallest absolute Gasteiger partial charge is 0.191 e. The van der Waals surface area contributed by atoms with Gasteiger partial charge in [0.15, 0.2) is 5.96 Å². The summed E-state index contributed by atoms with van der Waals surface area (Å²) in [4.78, 5) is 8.27. The van der Waals surface area contributed by atoms with Crippen molar-refractivity contribution in [3.05, 3.63) is 90.8 Å². The van der Waals surface area contributed by atoms with Gasteiger partial charge in [0.2, 0.25) is 0 Å². The summed E-state index contributed by atoms with van der Waals surface area (Å²) < 4.78 is 3.59. The molecular formula is C22H25IN8. The van der Waals surface area contributed by atoms with E-state index in [0.29, 0.717) is 6.54 Å². The molecule has 0 aliphatic carbocycles. The molecule has 31 heavy (non-hydrogen) atoms. The minimum absolute atomic E-state index is 0. The molecule has 8 nitrogen and oxygen atoms in total. The van der Waals surface area contributed by atoms with Crippen LogP contribution >= 0.6 is 24.0 Å². The van der Waals surface area contributed by atoms with E-state index in [2.05, 4.69) is 67.2 Å². The molecule has 0 unspecified atom stereocenters. The van der Waals surface area contributed by atoms with E-state index in [4.69, 9.17) is 0 Å². The molecule has 2 N–H and O–H groups in total. The predicted octanol–water partition coefficient (Wildman–Crippen LogP) is 2.98. The van der Waals surface area contributed by atoms with Gasteiger partial charge in [-0.25, -0.2) is 14.3 Å². The van der Waals surface area contributed by atoms with Gasteiger partial charge < -0.3 is 10.6 Å². The number of hydrogen-bond acceptors (Lipinski definition) is 4. The largest absolute Gasteiger partial charge is 0.356 e. The van der Waals surface area contributed by atoms with Gasteiger partial charge in [-0.3, -0.25) is 4.99 Å². The second-order valence-electron chi connectivity index (χ2n) is 6.73. The zero-order valence-corrected chi connectivity index (χ0v) is 19.5. The van der Waals surface area contributed by atoms with E-state index in [0.717, 1.165) is 35.9 Å². The zero-order chi connectivity index (χ0) is 20.6. The van der Waals surface area contributed by atoms with E-state index in [1.54, 1.807) is 24.3 Å². The molecule has 0 saturated heterocycles. The predicted molar refractivity (Wildman–Crippen MR) is 132 cm³/mol. The number of aromatic nitrogens is 5. The third-order valence-corrected chi connectivity index (χ3v) is 4.71. The number of benzene rings is 2. The Hall–Kier alpha value is -3.21. The van der Waals surface area contributed by atoms with Gasteiger partial charge in [-0.05, 0) is 47.9 Å². The lowest BCUT2D eigenvalue weighted by Gasteiger charge is -2.12. The van der Waals surface area contributed by atoms with E-state index in [1.807, 2.05) is 29.1 Å². The van der Waals surface area contributed by atoms with E-state index in [1.165, 1.54) is 11.9 Å². The molecule has 9 heteroatoms. The number of nitrogens with zero attached hydrogens (tertiary/aromatic N) is 6. The highest BCUT2D eigenvalue weighted by Gasteiger charge is 2.02. The van der Waals surface area contributed by atoms with Crippen LogP contribution in [0.25, 0.3) is 11.4 Å². The van der Waals surface area contributed by atoms with Crippen molar-refractivity contribution < 1.29 is 0 Å². The summed E-state index contributed by atoms with van der Waals surface area (Å²) in [5.41, 5.74) is 4.47. The first-order valence-electron chi connectivity index (χ1n) is 9.79. The van der Waals surface area contributed by atoms with Gasteiger partial charge in [0.05, 0.1) is 11.4 Å². The van der Waals surface area contributed by atoms with E-state index < -0.39 is 0 Å². The molecule has 4 rings (SSSR count). The van der Waals surface area contributed by atoms with Crippen molar-refractivity contribution in [1.29, 1.82) is 0 Å². The van der Waals surface area contributed by atoms with Gasteiger partial charge in [-0.2, -0.15) is 10.2 Å². The van der Waals surface area contributed by atoms with Crippen LogP contribution in [0.5, 0.6) is 0 Å². The number of hydrogen-bond donors (Lipinski definition) is 2. The van der Waals surface area contributed by atoms with Gasteiger partial charge in [-0.1, -0.05) is 24.3 Å². The summed E-state index contributed by atoms with van der Waals surface area (Å²) in [6.07, 6.45) is 7.84. The number of guanidine groups is 1. The van der Waals surface area contributed by atoms with Crippen molar-refractivity contribution in [2.24, 2.45) is 4.99 Å². The lowest BCUT2D eigenvalue weighted by Crippen LogP contribution is -2.37. The van der Waals surface area contributed by atoms with Crippen molar-refractivity contribution in [3.8, 4) is 11.4 Å². The van der Waals surface area contributed by atoms with Crippen molar-refractivity contribution in [2.45, 2.75) is 13.0 Å². The van der Waals surface area contributed by atoms with Crippen LogP contribution in [-0.2, 0) is 13.0 Å². The minimum atomic E-state index is 0. The molecule has 0 radical (unpaired) electrons. The summed E-state index contributed by atoms with van der Waals surface area (Å²) in [5, 5.41) is 15.1. The number of halogens is 1. The maximum atomic E-state index is 4.30. The second-order valence-corrected chi connectivity index (χ2v) is 6.73. The highest BCUT2D eigenvalue weighted by molar-refractivity contribution is 14.0. The Morgan fingerprint density at radius 2 is 1.61 bits per heavy atom. The summed E-state index contributed by atoms with van der Waals surface area (Å²) in [5.74, 6) is 0.781. The molecule has 0 aliphatic heterocycles. The Labute approximate surface area is 198 Å². The molecule has 0 saturated carbocycles. The first kappa shape index (κ1) is 22.5. The Bertz CT molecular complexity index is 1060. The average Bonchev–Trinajstić information content (AvgIpc) is 3.52. The van der Waals surface area contributed by atoms with Crippen LogP contribution < -0.4 is 10.6 Å². The van der Waals surface area contributed by atoms with Crippen LogP contribution in [0.3, 0.4) is 0 Å². The quantitative estimate of drug-likeness (QED) is 0.219.